The van der Waals surface area contributed by atoms with E-state index in [0.29, 0.717) is 47.8 Å². The van der Waals surface area contributed by atoms with E-state index in [0.717, 1.165) is 5.56 Å². The Labute approximate surface area is 197 Å². The first-order chi connectivity index (χ1) is 15.3. The monoisotopic (exact) mass is 489 g/mol. The first-order valence-electron chi connectivity index (χ1n) is 9.91. The van der Waals surface area contributed by atoms with Crippen LogP contribution >= 0.6 is 23.2 Å². The van der Waals surface area contributed by atoms with Gasteiger partial charge in [-0.15, -0.1) is 0 Å². The summed E-state index contributed by atoms with van der Waals surface area (Å²) in [7, 11) is 0. The molecule has 0 saturated heterocycles. The maximum atomic E-state index is 10.7. The molecule has 0 radical (unpaired) electrons. The third-order valence-electron chi connectivity index (χ3n) is 4.12. The summed E-state index contributed by atoms with van der Waals surface area (Å²) in [5, 5.41) is 35.2. The molecular weight excluding hydrogens is 461 g/mol. The molecule has 10 heteroatoms. The van der Waals surface area contributed by atoms with E-state index < -0.39 is 12.1 Å². The lowest BCUT2D eigenvalue weighted by atomic mass is 10.2. The lowest BCUT2D eigenvalue weighted by molar-refractivity contribution is -0.144. The minimum Gasteiger partial charge on any atom is -0.487 e. The Kier molecular flexibility index (Phi) is 13.7. The van der Waals surface area contributed by atoms with Crippen molar-refractivity contribution in [2.45, 2.75) is 19.6 Å². The van der Waals surface area contributed by atoms with Crippen LogP contribution in [0.3, 0.4) is 0 Å². The Bertz CT molecular complexity index is 791. The summed E-state index contributed by atoms with van der Waals surface area (Å²) in [4.78, 5) is 12.5. The van der Waals surface area contributed by atoms with Gasteiger partial charge in [0, 0.05) is 24.7 Å². The van der Waals surface area contributed by atoms with Gasteiger partial charge >= 0.3 is 5.97 Å². The predicted octanol–water partition coefficient (Wildman–Crippen LogP) is 2.69. The first-order valence-corrected chi connectivity index (χ1v) is 10.7. The Morgan fingerprint density at radius 1 is 0.969 bits per heavy atom. The van der Waals surface area contributed by atoms with Crippen molar-refractivity contribution in [3.05, 3.63) is 58.1 Å². The molecule has 32 heavy (non-hydrogen) atoms. The van der Waals surface area contributed by atoms with Crippen molar-refractivity contribution in [2.75, 3.05) is 39.5 Å². The highest BCUT2D eigenvalue weighted by Gasteiger charge is 2.12. The number of ether oxygens (including phenoxy) is 2. The number of hydrogen-bond donors (Lipinski definition) is 4. The molecule has 0 fully saturated rings. The van der Waals surface area contributed by atoms with E-state index >= 15 is 0 Å². The summed E-state index contributed by atoms with van der Waals surface area (Å²) in [5.74, 6) is 0.0267. The van der Waals surface area contributed by atoms with Crippen molar-refractivity contribution in [1.82, 2.24) is 4.90 Å². The Morgan fingerprint density at radius 2 is 1.53 bits per heavy atom. The smallest absolute Gasteiger partial charge is 0.344 e. The highest BCUT2D eigenvalue weighted by molar-refractivity contribution is 6.35. The van der Waals surface area contributed by atoms with Gasteiger partial charge in [0.25, 0.3) is 0 Å². The van der Waals surface area contributed by atoms with Crippen LogP contribution in [0.1, 0.15) is 12.5 Å². The summed E-state index contributed by atoms with van der Waals surface area (Å²) in [6.07, 6.45) is -0.894. The van der Waals surface area contributed by atoms with Gasteiger partial charge < -0.3 is 29.9 Å². The van der Waals surface area contributed by atoms with Crippen LogP contribution in [0.25, 0.3) is 0 Å². The van der Waals surface area contributed by atoms with Crippen LogP contribution in [0.5, 0.6) is 11.5 Å². The molecule has 1 atom stereocenters. The quantitative estimate of drug-likeness (QED) is 0.359. The number of carbonyl (C=O) groups is 1. The molecule has 0 bridgehead atoms. The molecule has 0 spiro atoms. The normalized spacial score (nSPS) is 11.5. The average Bonchev–Trinajstić information content (AvgIpc) is 2.75. The second-order valence-corrected chi connectivity index (χ2v) is 7.46. The van der Waals surface area contributed by atoms with Crippen LogP contribution in [0.15, 0.2) is 42.5 Å². The number of benzene rings is 2. The molecule has 8 nitrogen and oxygen atoms in total. The lowest BCUT2D eigenvalue weighted by Crippen LogP contribution is -2.32. The van der Waals surface area contributed by atoms with Crippen molar-refractivity contribution >= 4 is 29.2 Å². The highest BCUT2D eigenvalue weighted by Crippen LogP contribution is 2.28. The van der Waals surface area contributed by atoms with E-state index in [9.17, 15) is 4.79 Å². The second kappa shape index (κ2) is 15.7. The minimum atomic E-state index is -1.01. The van der Waals surface area contributed by atoms with Crippen molar-refractivity contribution in [3.63, 3.8) is 0 Å². The molecule has 0 aliphatic rings. The van der Waals surface area contributed by atoms with Crippen molar-refractivity contribution in [3.8, 4) is 11.5 Å². The zero-order valence-corrected chi connectivity index (χ0v) is 19.3. The van der Waals surface area contributed by atoms with Gasteiger partial charge in [0.05, 0.1) is 24.8 Å². The fourth-order valence-electron chi connectivity index (χ4n) is 2.43. The molecule has 0 aromatic heterocycles. The number of nitrogens with zero attached hydrogens (tertiary/aromatic N) is 1. The fraction of sp³-hybridized carbons (Fsp3) is 0.409. The number of aliphatic carboxylic acids is 1. The van der Waals surface area contributed by atoms with E-state index in [4.69, 9.17) is 53.1 Å². The molecule has 2 aromatic rings. The molecule has 0 aliphatic heterocycles. The Hall–Kier alpha value is -2.07. The van der Waals surface area contributed by atoms with Gasteiger partial charge in [-0.2, -0.15) is 0 Å². The van der Waals surface area contributed by atoms with Gasteiger partial charge in [-0.05, 0) is 42.8 Å². The van der Waals surface area contributed by atoms with Gasteiger partial charge in [-0.3, -0.25) is 4.90 Å². The van der Waals surface area contributed by atoms with Gasteiger partial charge in [0.2, 0.25) is 0 Å². The zero-order valence-electron chi connectivity index (χ0n) is 17.8. The van der Waals surface area contributed by atoms with Crippen LogP contribution < -0.4 is 9.47 Å². The number of rotatable bonds is 12. The van der Waals surface area contributed by atoms with Gasteiger partial charge in [-0.25, -0.2) is 4.79 Å². The van der Waals surface area contributed by atoms with E-state index in [1.54, 1.807) is 47.4 Å². The van der Waals surface area contributed by atoms with E-state index in [1.165, 1.54) is 6.92 Å². The zero-order chi connectivity index (χ0) is 23.9. The molecule has 178 valence electrons. The molecule has 2 rings (SSSR count). The van der Waals surface area contributed by atoms with Gasteiger partial charge in [-0.1, -0.05) is 35.3 Å². The van der Waals surface area contributed by atoms with Crippen molar-refractivity contribution in [1.29, 1.82) is 0 Å². The number of hydrogen-bond acceptors (Lipinski definition) is 7. The predicted molar refractivity (Wildman–Crippen MR) is 123 cm³/mol. The van der Waals surface area contributed by atoms with Crippen LogP contribution in [-0.4, -0.2) is 76.9 Å². The molecule has 2 aromatic carbocycles. The van der Waals surface area contributed by atoms with E-state index in [-0.39, 0.29) is 19.8 Å². The molecule has 0 amide bonds. The van der Waals surface area contributed by atoms with Crippen LogP contribution in [0.2, 0.25) is 10.0 Å². The van der Waals surface area contributed by atoms with E-state index in [1.807, 2.05) is 0 Å². The third kappa shape index (κ3) is 11.0. The number of carboxylic acids is 1. The second-order valence-electron chi connectivity index (χ2n) is 6.62. The molecule has 0 heterocycles. The molecule has 4 N–H and O–H groups in total. The largest absolute Gasteiger partial charge is 0.487 e. The molecular formula is C22H29Cl2NO7. The first kappa shape index (κ1) is 28.0. The number of halogens is 2. The standard InChI is InChI=1S/C16H14Cl2O4.C6H15NO3/c1-10(16(19)20)22-13-5-2-11(3-6-13)9-21-15-7-4-12(17)8-14(15)18;8-4-1-7(2-5-9)3-6-10/h2-8,10H,9H2,1H3,(H,19,20);8-10H,1-6H2. The summed E-state index contributed by atoms with van der Waals surface area (Å²) in [6, 6.07) is 12.0. The van der Waals surface area contributed by atoms with E-state index in [2.05, 4.69) is 0 Å². The van der Waals surface area contributed by atoms with Gasteiger partial charge in [0.15, 0.2) is 6.10 Å². The van der Waals surface area contributed by atoms with Gasteiger partial charge in [0.1, 0.15) is 18.1 Å². The van der Waals surface area contributed by atoms with Crippen LogP contribution in [0.4, 0.5) is 0 Å². The van der Waals surface area contributed by atoms with Crippen molar-refractivity contribution in [2.24, 2.45) is 0 Å². The van der Waals surface area contributed by atoms with Crippen molar-refractivity contribution < 1.29 is 34.7 Å². The number of aliphatic hydroxyl groups is 3. The average molecular weight is 490 g/mol. The number of aliphatic hydroxyl groups excluding tert-OH is 3. The summed E-state index contributed by atoms with van der Waals surface area (Å²) >= 11 is 11.8. The van der Waals surface area contributed by atoms with Crippen LogP contribution in [-0.2, 0) is 11.4 Å². The Morgan fingerprint density at radius 3 is 2.00 bits per heavy atom. The fourth-order valence-corrected chi connectivity index (χ4v) is 2.89. The third-order valence-corrected chi connectivity index (χ3v) is 4.65. The maximum absolute atomic E-state index is 10.7. The number of carboxylic acid groups (broad SMARTS) is 1. The SMILES string of the molecule is CC(Oc1ccc(COc2ccc(Cl)cc2Cl)cc1)C(=O)O.OCCN(CCO)CCO. The summed E-state index contributed by atoms with van der Waals surface area (Å²) in [6.45, 7) is 3.56. The van der Waals surface area contributed by atoms with Crippen LogP contribution in [0, 0.1) is 0 Å². The summed E-state index contributed by atoms with van der Waals surface area (Å²) < 4.78 is 10.9. The maximum Gasteiger partial charge on any atom is 0.344 e. The molecule has 1 unspecified atom stereocenters. The summed E-state index contributed by atoms with van der Waals surface area (Å²) in [5.41, 5.74) is 0.904. The molecule has 0 saturated carbocycles. The highest BCUT2D eigenvalue weighted by atomic mass is 35.5. The lowest BCUT2D eigenvalue weighted by Gasteiger charge is -2.17. The topological polar surface area (TPSA) is 120 Å². The Balaban J connectivity index is 0.000000433. The minimum absolute atomic E-state index is 0.0694. The molecule has 0 aliphatic carbocycles.